The average Bonchev–Trinajstić information content (AvgIpc) is 3.05. The van der Waals surface area contributed by atoms with Crippen LogP contribution in [0.2, 0.25) is 0 Å². The molecule has 0 spiro atoms. The van der Waals surface area contributed by atoms with E-state index < -0.39 is 17.3 Å². The molecule has 0 radical (unpaired) electrons. The number of carbonyl (C=O) groups is 2. The lowest BCUT2D eigenvalue weighted by Crippen LogP contribution is -2.14. The standard InChI is InChI=1S/C16H12O4/c17-13(8-7-10-4-3-9-20-10)14-15(18)11-5-1-2-6-12(11)16(14)19/h1-6,9,18H,7-8H2/p-1. The largest absolute Gasteiger partial charge is 0.871 e. The number of rotatable bonds is 4. The summed E-state index contributed by atoms with van der Waals surface area (Å²) in [7, 11) is 0. The van der Waals surface area contributed by atoms with E-state index in [1.165, 1.54) is 6.26 Å². The van der Waals surface area contributed by atoms with Crippen molar-refractivity contribution >= 4 is 17.3 Å². The summed E-state index contributed by atoms with van der Waals surface area (Å²) in [6, 6.07) is 9.99. The lowest BCUT2D eigenvalue weighted by Gasteiger charge is -2.10. The Kier molecular flexibility index (Phi) is 2.99. The fraction of sp³-hybridized carbons (Fsp3) is 0.125. The molecule has 20 heavy (non-hydrogen) atoms. The van der Waals surface area contributed by atoms with Gasteiger partial charge in [-0.2, -0.15) is 0 Å². The number of aryl methyl sites for hydroxylation is 1. The summed E-state index contributed by atoms with van der Waals surface area (Å²) in [6.45, 7) is 0. The zero-order valence-corrected chi connectivity index (χ0v) is 10.6. The van der Waals surface area contributed by atoms with Gasteiger partial charge < -0.3 is 9.52 Å². The SMILES string of the molecule is O=C(CCc1ccco1)C1=C([O-])c2ccccc2C1=O. The van der Waals surface area contributed by atoms with Crippen LogP contribution >= 0.6 is 0 Å². The molecule has 1 aromatic heterocycles. The number of Topliss-reactive ketones (excluding diaryl/α,β-unsaturated/α-hetero) is 2. The minimum atomic E-state index is -0.463. The third-order valence-electron chi connectivity index (χ3n) is 3.33. The van der Waals surface area contributed by atoms with Crippen LogP contribution in [0.1, 0.15) is 28.1 Å². The number of fused-ring (bicyclic) bond motifs is 1. The van der Waals surface area contributed by atoms with Crippen LogP contribution in [0.3, 0.4) is 0 Å². The van der Waals surface area contributed by atoms with Crippen LogP contribution in [0, 0.1) is 0 Å². The summed E-state index contributed by atoms with van der Waals surface area (Å²) in [5.41, 5.74) is 0.412. The first-order valence-corrected chi connectivity index (χ1v) is 6.29. The molecule has 0 unspecified atom stereocenters. The van der Waals surface area contributed by atoms with E-state index in [1.54, 1.807) is 36.4 Å². The Morgan fingerprint density at radius 2 is 1.85 bits per heavy atom. The van der Waals surface area contributed by atoms with Crippen molar-refractivity contribution in [1.29, 1.82) is 0 Å². The molecule has 0 N–H and O–H groups in total. The van der Waals surface area contributed by atoms with Gasteiger partial charge in [0.25, 0.3) is 0 Å². The van der Waals surface area contributed by atoms with Gasteiger partial charge in [-0.05, 0) is 17.7 Å². The zero-order valence-electron chi connectivity index (χ0n) is 10.6. The average molecular weight is 267 g/mol. The lowest BCUT2D eigenvalue weighted by molar-refractivity contribution is -0.244. The molecule has 3 rings (SSSR count). The van der Waals surface area contributed by atoms with Gasteiger partial charge in [0.05, 0.1) is 11.8 Å². The molecule has 100 valence electrons. The van der Waals surface area contributed by atoms with Crippen molar-refractivity contribution in [2.45, 2.75) is 12.8 Å². The molecule has 1 heterocycles. The number of hydrogen-bond donors (Lipinski definition) is 0. The zero-order chi connectivity index (χ0) is 14.1. The Morgan fingerprint density at radius 3 is 2.50 bits per heavy atom. The van der Waals surface area contributed by atoms with Crippen LogP contribution in [0.25, 0.3) is 5.76 Å². The lowest BCUT2D eigenvalue weighted by atomic mass is 10.0. The Morgan fingerprint density at radius 1 is 1.10 bits per heavy atom. The van der Waals surface area contributed by atoms with Crippen molar-refractivity contribution in [1.82, 2.24) is 0 Å². The third kappa shape index (κ3) is 1.95. The predicted octanol–water partition coefficient (Wildman–Crippen LogP) is 1.75. The van der Waals surface area contributed by atoms with Crippen molar-refractivity contribution in [3.05, 3.63) is 65.1 Å². The van der Waals surface area contributed by atoms with Gasteiger partial charge in [-0.3, -0.25) is 9.59 Å². The predicted molar refractivity (Wildman–Crippen MR) is 69.7 cm³/mol. The van der Waals surface area contributed by atoms with E-state index in [1.807, 2.05) is 0 Å². The topological polar surface area (TPSA) is 70.3 Å². The van der Waals surface area contributed by atoms with Gasteiger partial charge in [-0.1, -0.05) is 30.0 Å². The van der Waals surface area contributed by atoms with Crippen LogP contribution in [0.15, 0.2) is 52.7 Å². The summed E-state index contributed by atoms with van der Waals surface area (Å²) in [5.74, 6) is -0.688. The minimum absolute atomic E-state index is 0.0916. The Bertz CT molecular complexity index is 708. The van der Waals surface area contributed by atoms with E-state index in [0.29, 0.717) is 23.3 Å². The Labute approximate surface area is 115 Å². The molecule has 2 aromatic rings. The second-order valence-corrected chi connectivity index (χ2v) is 4.58. The maximum Gasteiger partial charge on any atom is 0.196 e. The van der Waals surface area contributed by atoms with Crippen molar-refractivity contribution in [3.8, 4) is 0 Å². The molecular formula is C16H11O4-. The van der Waals surface area contributed by atoms with E-state index in [4.69, 9.17) is 4.42 Å². The monoisotopic (exact) mass is 267 g/mol. The van der Waals surface area contributed by atoms with Crippen LogP contribution in [0.4, 0.5) is 0 Å². The minimum Gasteiger partial charge on any atom is -0.871 e. The molecule has 0 bridgehead atoms. The highest BCUT2D eigenvalue weighted by atomic mass is 16.3. The number of benzene rings is 1. The fourth-order valence-electron chi connectivity index (χ4n) is 2.32. The maximum absolute atomic E-state index is 12.1. The first kappa shape index (κ1) is 12.4. The van der Waals surface area contributed by atoms with Gasteiger partial charge in [-0.25, -0.2) is 0 Å². The van der Waals surface area contributed by atoms with Gasteiger partial charge in [0.15, 0.2) is 11.6 Å². The molecule has 4 heteroatoms. The summed E-state index contributed by atoms with van der Waals surface area (Å²) in [6.07, 6.45) is 2.00. The van der Waals surface area contributed by atoms with E-state index in [-0.39, 0.29) is 12.0 Å². The highest BCUT2D eigenvalue weighted by molar-refractivity contribution is 6.34. The Hall–Kier alpha value is -2.62. The molecule has 1 aromatic carbocycles. The summed E-state index contributed by atoms with van der Waals surface area (Å²) in [5, 5.41) is 12.1. The van der Waals surface area contributed by atoms with Crippen LogP contribution in [-0.4, -0.2) is 11.6 Å². The van der Waals surface area contributed by atoms with Crippen molar-refractivity contribution in [2.75, 3.05) is 0 Å². The third-order valence-corrected chi connectivity index (χ3v) is 3.33. The number of furan rings is 1. The van der Waals surface area contributed by atoms with Gasteiger partial charge in [-0.15, -0.1) is 0 Å². The summed E-state index contributed by atoms with van der Waals surface area (Å²) < 4.78 is 5.13. The molecule has 0 fully saturated rings. The second kappa shape index (κ2) is 4.81. The van der Waals surface area contributed by atoms with Crippen molar-refractivity contribution in [2.24, 2.45) is 0 Å². The first-order chi connectivity index (χ1) is 9.68. The molecule has 1 aliphatic carbocycles. The summed E-state index contributed by atoms with van der Waals surface area (Å²) in [4.78, 5) is 24.2. The van der Waals surface area contributed by atoms with Gasteiger partial charge >= 0.3 is 0 Å². The van der Waals surface area contributed by atoms with E-state index in [9.17, 15) is 14.7 Å². The van der Waals surface area contributed by atoms with Crippen LogP contribution in [-0.2, 0) is 11.2 Å². The fourth-order valence-corrected chi connectivity index (χ4v) is 2.32. The molecule has 0 saturated heterocycles. The molecule has 0 amide bonds. The normalized spacial score (nSPS) is 13.7. The molecule has 4 nitrogen and oxygen atoms in total. The van der Waals surface area contributed by atoms with Crippen molar-refractivity contribution in [3.63, 3.8) is 0 Å². The molecule has 0 aliphatic heterocycles. The van der Waals surface area contributed by atoms with Gasteiger partial charge in [0.1, 0.15) is 5.76 Å². The summed E-state index contributed by atoms with van der Waals surface area (Å²) >= 11 is 0. The van der Waals surface area contributed by atoms with Crippen LogP contribution in [0.5, 0.6) is 0 Å². The van der Waals surface area contributed by atoms with Gasteiger partial charge in [0, 0.05) is 18.4 Å². The van der Waals surface area contributed by atoms with Crippen LogP contribution < -0.4 is 5.11 Å². The molecular weight excluding hydrogens is 256 g/mol. The number of hydrogen-bond acceptors (Lipinski definition) is 4. The second-order valence-electron chi connectivity index (χ2n) is 4.58. The molecule has 0 saturated carbocycles. The van der Waals surface area contributed by atoms with E-state index in [0.717, 1.165) is 0 Å². The van der Waals surface area contributed by atoms with E-state index >= 15 is 0 Å². The number of ketones is 2. The van der Waals surface area contributed by atoms with Crippen molar-refractivity contribution < 1.29 is 19.1 Å². The Balaban J connectivity index is 1.82. The number of carbonyl (C=O) groups excluding carboxylic acids is 2. The smallest absolute Gasteiger partial charge is 0.196 e. The maximum atomic E-state index is 12.1. The molecule has 0 atom stereocenters. The first-order valence-electron chi connectivity index (χ1n) is 6.29. The molecule has 1 aliphatic rings. The highest BCUT2D eigenvalue weighted by Crippen LogP contribution is 2.30. The van der Waals surface area contributed by atoms with E-state index in [2.05, 4.69) is 0 Å². The number of allylic oxidation sites excluding steroid dienone is 1. The quantitative estimate of drug-likeness (QED) is 0.791. The van der Waals surface area contributed by atoms with Gasteiger partial charge in [0.2, 0.25) is 0 Å². The highest BCUT2D eigenvalue weighted by Gasteiger charge is 2.28.